The van der Waals surface area contributed by atoms with Crippen molar-refractivity contribution in [1.29, 1.82) is 0 Å². The molecule has 0 saturated heterocycles. The van der Waals surface area contributed by atoms with Crippen molar-refractivity contribution in [1.82, 2.24) is 5.32 Å². The van der Waals surface area contributed by atoms with Gasteiger partial charge in [0.2, 0.25) is 5.91 Å². The first-order valence-corrected chi connectivity index (χ1v) is 7.90. The molecular weight excluding hydrogens is 268 g/mol. The van der Waals surface area contributed by atoms with Gasteiger partial charge in [0.15, 0.2) is 0 Å². The molecule has 1 aliphatic carbocycles. The number of carboxylic acid groups (broad SMARTS) is 1. The molecule has 1 fully saturated rings. The fraction of sp³-hybridized carbons (Fsp3) is 0.875. The molecule has 4 N–H and O–H groups in total. The molecule has 1 aliphatic rings. The summed E-state index contributed by atoms with van der Waals surface area (Å²) < 4.78 is 0. The van der Waals surface area contributed by atoms with Crippen LogP contribution in [0, 0.1) is 11.3 Å². The second kappa shape index (κ2) is 7.25. The summed E-state index contributed by atoms with van der Waals surface area (Å²) in [5.41, 5.74) is 5.82. The van der Waals surface area contributed by atoms with E-state index in [0.29, 0.717) is 19.4 Å². The summed E-state index contributed by atoms with van der Waals surface area (Å²) in [6, 6.07) is 0. The molecule has 5 heteroatoms. The third-order valence-electron chi connectivity index (χ3n) is 4.61. The molecule has 122 valence electrons. The molecule has 5 nitrogen and oxygen atoms in total. The standard InChI is InChI=1S/C16H30N2O3/c1-15(2,3)12(5-6-14(20)21)7-10-18-13(19)11-16(17)8-4-9-16/h12H,4-11,17H2,1-3H3,(H,18,19)(H,20,21). The smallest absolute Gasteiger partial charge is 0.303 e. The molecule has 0 spiro atoms. The summed E-state index contributed by atoms with van der Waals surface area (Å²) >= 11 is 0. The Balaban J connectivity index is 2.31. The first-order valence-electron chi connectivity index (χ1n) is 7.90. The van der Waals surface area contributed by atoms with Gasteiger partial charge in [-0.1, -0.05) is 20.8 Å². The first kappa shape index (κ1) is 18.0. The fourth-order valence-corrected chi connectivity index (χ4v) is 2.88. The Morgan fingerprint density at radius 1 is 1.29 bits per heavy atom. The third-order valence-corrected chi connectivity index (χ3v) is 4.61. The van der Waals surface area contributed by atoms with E-state index in [4.69, 9.17) is 10.8 Å². The highest BCUT2D eigenvalue weighted by Crippen LogP contribution is 2.33. The molecule has 0 aromatic heterocycles. The minimum Gasteiger partial charge on any atom is -0.481 e. The number of carboxylic acids is 1. The van der Waals surface area contributed by atoms with E-state index < -0.39 is 5.97 Å². The second-order valence-electron chi connectivity index (χ2n) is 7.53. The van der Waals surface area contributed by atoms with Crippen molar-refractivity contribution in [3.8, 4) is 0 Å². The van der Waals surface area contributed by atoms with Crippen molar-refractivity contribution in [2.45, 2.75) is 71.3 Å². The minimum absolute atomic E-state index is 0.0168. The van der Waals surface area contributed by atoms with Gasteiger partial charge in [0.1, 0.15) is 0 Å². The Hall–Kier alpha value is -1.10. The van der Waals surface area contributed by atoms with Crippen LogP contribution in [0.5, 0.6) is 0 Å². The number of carbonyl (C=O) groups excluding carboxylic acids is 1. The van der Waals surface area contributed by atoms with Crippen LogP contribution in [-0.4, -0.2) is 29.1 Å². The van der Waals surface area contributed by atoms with Gasteiger partial charge in [-0.15, -0.1) is 0 Å². The van der Waals surface area contributed by atoms with Crippen molar-refractivity contribution in [3.63, 3.8) is 0 Å². The number of aliphatic carboxylic acids is 1. The molecule has 0 heterocycles. The van der Waals surface area contributed by atoms with Crippen molar-refractivity contribution in [2.24, 2.45) is 17.1 Å². The first-order chi connectivity index (χ1) is 9.62. The summed E-state index contributed by atoms with van der Waals surface area (Å²) in [5.74, 6) is -0.462. The van der Waals surface area contributed by atoms with E-state index in [1.165, 1.54) is 0 Å². The van der Waals surface area contributed by atoms with Crippen LogP contribution in [-0.2, 0) is 9.59 Å². The Labute approximate surface area is 127 Å². The average Bonchev–Trinajstić information content (AvgIpc) is 2.29. The molecule has 1 saturated carbocycles. The highest BCUT2D eigenvalue weighted by Gasteiger charge is 2.34. The number of hydrogen-bond acceptors (Lipinski definition) is 3. The van der Waals surface area contributed by atoms with E-state index in [-0.39, 0.29) is 29.2 Å². The van der Waals surface area contributed by atoms with E-state index in [1.807, 2.05) is 0 Å². The molecule has 0 aliphatic heterocycles. The maximum absolute atomic E-state index is 11.9. The van der Waals surface area contributed by atoms with Gasteiger partial charge in [-0.05, 0) is 43.4 Å². The topological polar surface area (TPSA) is 92.4 Å². The number of nitrogens with one attached hydrogen (secondary N) is 1. The molecule has 0 radical (unpaired) electrons. The van der Waals surface area contributed by atoms with Crippen molar-refractivity contribution in [2.75, 3.05) is 6.54 Å². The van der Waals surface area contributed by atoms with Crippen molar-refractivity contribution >= 4 is 11.9 Å². The zero-order valence-corrected chi connectivity index (χ0v) is 13.6. The highest BCUT2D eigenvalue weighted by atomic mass is 16.4. The Bertz CT molecular complexity index is 370. The van der Waals surface area contributed by atoms with Crippen LogP contribution in [0.15, 0.2) is 0 Å². The molecule has 1 rings (SSSR count). The molecule has 1 unspecified atom stereocenters. The van der Waals surface area contributed by atoms with Gasteiger partial charge in [-0.3, -0.25) is 9.59 Å². The van der Waals surface area contributed by atoms with E-state index in [9.17, 15) is 9.59 Å². The zero-order chi connectivity index (χ0) is 16.1. The average molecular weight is 298 g/mol. The Morgan fingerprint density at radius 3 is 2.33 bits per heavy atom. The number of hydrogen-bond donors (Lipinski definition) is 3. The van der Waals surface area contributed by atoms with Crippen molar-refractivity contribution in [3.05, 3.63) is 0 Å². The van der Waals surface area contributed by atoms with E-state index in [2.05, 4.69) is 26.1 Å². The lowest BCUT2D eigenvalue weighted by Gasteiger charge is -2.37. The molecule has 0 aromatic carbocycles. The summed E-state index contributed by atoms with van der Waals surface area (Å²) in [4.78, 5) is 22.6. The zero-order valence-electron chi connectivity index (χ0n) is 13.6. The summed E-state index contributed by atoms with van der Waals surface area (Å²) in [7, 11) is 0. The number of carbonyl (C=O) groups is 2. The lowest BCUT2D eigenvalue weighted by atomic mass is 9.75. The van der Waals surface area contributed by atoms with Crippen LogP contribution in [0.2, 0.25) is 0 Å². The number of amides is 1. The second-order valence-corrected chi connectivity index (χ2v) is 7.53. The van der Waals surface area contributed by atoms with Gasteiger partial charge in [0.05, 0.1) is 0 Å². The van der Waals surface area contributed by atoms with Gasteiger partial charge >= 0.3 is 5.97 Å². The Morgan fingerprint density at radius 2 is 1.90 bits per heavy atom. The summed E-state index contributed by atoms with van der Waals surface area (Å²) in [6.45, 7) is 6.94. The van der Waals surface area contributed by atoms with Crippen molar-refractivity contribution < 1.29 is 14.7 Å². The van der Waals surface area contributed by atoms with Crippen LogP contribution < -0.4 is 11.1 Å². The molecule has 1 amide bonds. The van der Waals surface area contributed by atoms with Gasteiger partial charge in [0, 0.05) is 24.9 Å². The summed E-state index contributed by atoms with van der Waals surface area (Å²) in [6.07, 6.45) is 5.03. The molecule has 0 bridgehead atoms. The third kappa shape index (κ3) is 6.46. The van der Waals surface area contributed by atoms with E-state index >= 15 is 0 Å². The van der Waals surface area contributed by atoms with Gasteiger partial charge in [-0.25, -0.2) is 0 Å². The lowest BCUT2D eigenvalue weighted by molar-refractivity contribution is -0.137. The van der Waals surface area contributed by atoms with Gasteiger partial charge in [0.25, 0.3) is 0 Å². The summed E-state index contributed by atoms with van der Waals surface area (Å²) in [5, 5.41) is 11.8. The van der Waals surface area contributed by atoms with E-state index in [1.54, 1.807) is 0 Å². The predicted molar refractivity (Wildman–Crippen MR) is 82.8 cm³/mol. The number of rotatable bonds is 8. The molecule has 21 heavy (non-hydrogen) atoms. The molecule has 0 aromatic rings. The molecular formula is C16H30N2O3. The van der Waals surface area contributed by atoms with Crippen LogP contribution in [0.4, 0.5) is 0 Å². The predicted octanol–water partition coefficient (Wildman–Crippen LogP) is 2.29. The van der Waals surface area contributed by atoms with Crippen LogP contribution in [0.3, 0.4) is 0 Å². The largest absolute Gasteiger partial charge is 0.481 e. The van der Waals surface area contributed by atoms with Crippen LogP contribution >= 0.6 is 0 Å². The maximum Gasteiger partial charge on any atom is 0.303 e. The highest BCUT2D eigenvalue weighted by molar-refractivity contribution is 5.77. The fourth-order valence-electron chi connectivity index (χ4n) is 2.88. The van der Waals surface area contributed by atoms with Crippen LogP contribution in [0.25, 0.3) is 0 Å². The quantitative estimate of drug-likeness (QED) is 0.641. The van der Waals surface area contributed by atoms with E-state index in [0.717, 1.165) is 25.7 Å². The van der Waals surface area contributed by atoms with Gasteiger partial charge < -0.3 is 16.2 Å². The normalized spacial score (nSPS) is 18.7. The Kier molecular flexibility index (Phi) is 6.20. The van der Waals surface area contributed by atoms with Crippen LogP contribution in [0.1, 0.15) is 65.7 Å². The maximum atomic E-state index is 11.9. The minimum atomic E-state index is -0.761. The number of nitrogens with two attached hydrogens (primary N) is 1. The SMILES string of the molecule is CC(C)(C)C(CCNC(=O)CC1(N)CCC1)CCC(=O)O. The molecule has 1 atom stereocenters. The lowest BCUT2D eigenvalue weighted by Crippen LogP contribution is -2.50. The van der Waals surface area contributed by atoms with Gasteiger partial charge in [-0.2, -0.15) is 0 Å². The monoisotopic (exact) mass is 298 g/mol.